The minimum atomic E-state index is -0.443. The van der Waals surface area contributed by atoms with Crippen LogP contribution in [0.1, 0.15) is 5.56 Å². The van der Waals surface area contributed by atoms with Gasteiger partial charge in [0, 0.05) is 17.5 Å². The molecule has 0 spiro atoms. The van der Waals surface area contributed by atoms with Crippen LogP contribution in [0.15, 0.2) is 54.6 Å². The molecule has 0 radical (unpaired) electrons. The van der Waals surface area contributed by atoms with Crippen molar-refractivity contribution < 1.29 is 9.53 Å². The first kappa shape index (κ1) is 12.7. The lowest BCUT2D eigenvalue weighted by atomic mass is 10.2. The largest absolute Gasteiger partial charge is 0.423 e. The first-order valence-corrected chi connectivity index (χ1v) is 5.74. The Labute approximate surface area is 111 Å². The highest BCUT2D eigenvalue weighted by atomic mass is 16.5. The minimum Gasteiger partial charge on any atom is -0.423 e. The summed E-state index contributed by atoms with van der Waals surface area (Å²) >= 11 is 0. The van der Waals surface area contributed by atoms with Crippen LogP contribution in [0.4, 0.5) is 11.4 Å². The van der Waals surface area contributed by atoms with E-state index in [1.807, 2.05) is 12.1 Å². The van der Waals surface area contributed by atoms with Crippen molar-refractivity contribution >= 4 is 23.4 Å². The van der Waals surface area contributed by atoms with E-state index in [2.05, 4.69) is 0 Å². The number of nitrogens with two attached hydrogens (primary N) is 2. The molecule has 0 unspecified atom stereocenters. The second-order valence-corrected chi connectivity index (χ2v) is 3.99. The van der Waals surface area contributed by atoms with Gasteiger partial charge in [-0.1, -0.05) is 12.1 Å². The highest BCUT2D eigenvalue weighted by molar-refractivity contribution is 5.88. The fourth-order valence-electron chi connectivity index (χ4n) is 1.46. The van der Waals surface area contributed by atoms with Gasteiger partial charge >= 0.3 is 5.97 Å². The van der Waals surface area contributed by atoms with Crippen molar-refractivity contribution in [2.45, 2.75) is 0 Å². The zero-order chi connectivity index (χ0) is 13.7. The Morgan fingerprint density at radius 3 is 2.00 bits per heavy atom. The molecule has 0 fully saturated rings. The predicted molar refractivity (Wildman–Crippen MR) is 76.4 cm³/mol. The summed E-state index contributed by atoms with van der Waals surface area (Å²) in [5, 5.41) is 0. The number of ether oxygens (including phenoxy) is 1. The van der Waals surface area contributed by atoms with E-state index in [4.69, 9.17) is 16.2 Å². The molecule has 4 N–H and O–H groups in total. The molecule has 0 heterocycles. The molecule has 0 atom stereocenters. The maximum Gasteiger partial charge on any atom is 0.336 e. The summed E-state index contributed by atoms with van der Waals surface area (Å²) in [6, 6.07) is 13.8. The molecule has 0 amide bonds. The molecule has 0 aliphatic rings. The van der Waals surface area contributed by atoms with Gasteiger partial charge in [0.15, 0.2) is 0 Å². The molecule has 19 heavy (non-hydrogen) atoms. The summed E-state index contributed by atoms with van der Waals surface area (Å²) in [5.74, 6) is 0.0164. The van der Waals surface area contributed by atoms with E-state index in [9.17, 15) is 4.79 Å². The van der Waals surface area contributed by atoms with Gasteiger partial charge in [-0.2, -0.15) is 0 Å². The van der Waals surface area contributed by atoms with Gasteiger partial charge in [0.1, 0.15) is 5.75 Å². The van der Waals surface area contributed by atoms with Crippen LogP contribution < -0.4 is 16.2 Å². The average molecular weight is 254 g/mol. The molecule has 0 aliphatic carbocycles. The Bertz CT molecular complexity index is 587. The molecule has 0 saturated heterocycles. The Balaban J connectivity index is 1.97. The third-order valence-corrected chi connectivity index (χ3v) is 2.45. The van der Waals surface area contributed by atoms with E-state index in [0.717, 1.165) is 5.56 Å². The number of hydrogen-bond donors (Lipinski definition) is 2. The van der Waals surface area contributed by atoms with Gasteiger partial charge in [0.25, 0.3) is 0 Å². The van der Waals surface area contributed by atoms with Gasteiger partial charge in [-0.05, 0) is 48.0 Å². The van der Waals surface area contributed by atoms with Crippen molar-refractivity contribution in [2.75, 3.05) is 11.5 Å². The van der Waals surface area contributed by atoms with E-state index in [1.54, 1.807) is 42.5 Å². The van der Waals surface area contributed by atoms with Crippen molar-refractivity contribution in [2.24, 2.45) is 0 Å². The fraction of sp³-hybridized carbons (Fsp3) is 0. The second-order valence-electron chi connectivity index (χ2n) is 3.99. The average Bonchev–Trinajstić information content (AvgIpc) is 2.41. The van der Waals surface area contributed by atoms with E-state index < -0.39 is 5.97 Å². The molecule has 0 saturated carbocycles. The maximum atomic E-state index is 11.6. The van der Waals surface area contributed by atoms with Gasteiger partial charge in [-0.25, -0.2) is 4.79 Å². The molecule has 96 valence electrons. The molecule has 0 aromatic heterocycles. The van der Waals surface area contributed by atoms with Crippen LogP contribution in [0.3, 0.4) is 0 Å². The van der Waals surface area contributed by atoms with Gasteiger partial charge in [0.05, 0.1) is 0 Å². The van der Waals surface area contributed by atoms with Crippen LogP contribution in [-0.4, -0.2) is 5.97 Å². The van der Waals surface area contributed by atoms with Crippen molar-refractivity contribution in [3.8, 4) is 5.75 Å². The third kappa shape index (κ3) is 3.89. The first-order chi connectivity index (χ1) is 9.13. The van der Waals surface area contributed by atoms with Crippen LogP contribution in [0.25, 0.3) is 6.08 Å². The summed E-state index contributed by atoms with van der Waals surface area (Å²) in [6.45, 7) is 0. The van der Waals surface area contributed by atoms with Gasteiger partial charge < -0.3 is 16.2 Å². The number of nitrogen functional groups attached to an aromatic ring is 2. The quantitative estimate of drug-likeness (QED) is 0.382. The number of carbonyl (C=O) groups excluding carboxylic acids is 1. The van der Waals surface area contributed by atoms with Crippen LogP contribution >= 0.6 is 0 Å². The zero-order valence-corrected chi connectivity index (χ0v) is 10.2. The van der Waals surface area contributed by atoms with Gasteiger partial charge in [-0.3, -0.25) is 0 Å². The lowest BCUT2D eigenvalue weighted by molar-refractivity contribution is -0.128. The first-order valence-electron chi connectivity index (χ1n) is 5.74. The smallest absolute Gasteiger partial charge is 0.336 e. The monoisotopic (exact) mass is 254 g/mol. The minimum absolute atomic E-state index is 0.443. The van der Waals surface area contributed by atoms with Crippen molar-refractivity contribution in [1.82, 2.24) is 0 Å². The molecule has 0 aliphatic heterocycles. The maximum absolute atomic E-state index is 11.6. The summed E-state index contributed by atoms with van der Waals surface area (Å²) in [6.07, 6.45) is 3.03. The summed E-state index contributed by atoms with van der Waals surface area (Å²) in [4.78, 5) is 11.6. The summed E-state index contributed by atoms with van der Waals surface area (Å²) in [7, 11) is 0. The highest BCUT2D eigenvalue weighted by Gasteiger charge is 1.99. The summed E-state index contributed by atoms with van der Waals surface area (Å²) < 4.78 is 5.11. The Morgan fingerprint density at radius 1 is 0.895 bits per heavy atom. The molecule has 4 nitrogen and oxygen atoms in total. The van der Waals surface area contributed by atoms with Gasteiger partial charge in [-0.15, -0.1) is 0 Å². The number of carbonyl (C=O) groups is 1. The number of rotatable bonds is 3. The van der Waals surface area contributed by atoms with Crippen molar-refractivity contribution in [3.63, 3.8) is 0 Å². The van der Waals surface area contributed by atoms with Crippen LogP contribution in [-0.2, 0) is 4.79 Å². The lowest BCUT2D eigenvalue weighted by Gasteiger charge is -2.01. The topological polar surface area (TPSA) is 78.3 Å². The molecule has 2 rings (SSSR count). The Morgan fingerprint density at radius 2 is 1.42 bits per heavy atom. The van der Waals surface area contributed by atoms with Crippen LogP contribution in [0.2, 0.25) is 0 Å². The normalized spacial score (nSPS) is 10.5. The Hall–Kier alpha value is -2.75. The zero-order valence-electron chi connectivity index (χ0n) is 10.2. The fourth-order valence-corrected chi connectivity index (χ4v) is 1.46. The molecule has 4 heteroatoms. The lowest BCUT2D eigenvalue weighted by Crippen LogP contribution is -2.03. The number of benzene rings is 2. The van der Waals surface area contributed by atoms with E-state index in [-0.39, 0.29) is 0 Å². The standard InChI is InChI=1S/C15H14N2O2/c16-12-4-1-11(2-5-12)3-10-15(18)19-14-8-6-13(17)7-9-14/h1-10H,16-17H2. The van der Waals surface area contributed by atoms with Crippen LogP contribution in [0.5, 0.6) is 5.75 Å². The van der Waals surface area contributed by atoms with Crippen LogP contribution in [0, 0.1) is 0 Å². The molecule has 2 aromatic rings. The number of hydrogen-bond acceptors (Lipinski definition) is 4. The molecular formula is C15H14N2O2. The van der Waals surface area contributed by atoms with E-state index in [1.165, 1.54) is 6.08 Å². The molecular weight excluding hydrogens is 240 g/mol. The van der Waals surface area contributed by atoms with E-state index >= 15 is 0 Å². The molecule has 2 aromatic carbocycles. The predicted octanol–water partition coefficient (Wildman–Crippen LogP) is 2.47. The highest BCUT2D eigenvalue weighted by Crippen LogP contribution is 2.13. The van der Waals surface area contributed by atoms with E-state index in [0.29, 0.717) is 17.1 Å². The van der Waals surface area contributed by atoms with Crippen molar-refractivity contribution in [1.29, 1.82) is 0 Å². The number of anilines is 2. The SMILES string of the molecule is Nc1ccc(C=CC(=O)Oc2ccc(N)cc2)cc1. The van der Waals surface area contributed by atoms with Crippen molar-refractivity contribution in [3.05, 3.63) is 60.2 Å². The van der Waals surface area contributed by atoms with Gasteiger partial charge in [0.2, 0.25) is 0 Å². The Kier molecular flexibility index (Phi) is 3.83. The number of esters is 1. The molecule has 0 bridgehead atoms. The third-order valence-electron chi connectivity index (χ3n) is 2.45. The second kappa shape index (κ2) is 5.73. The summed E-state index contributed by atoms with van der Waals surface area (Å²) in [5.41, 5.74) is 13.3.